The van der Waals surface area contributed by atoms with E-state index < -0.39 is 36.5 Å². The third kappa shape index (κ3) is 4.00. The maximum atomic E-state index is 13.6. The van der Waals surface area contributed by atoms with Crippen LogP contribution in [0.25, 0.3) is 0 Å². The van der Waals surface area contributed by atoms with Crippen LogP contribution in [0.15, 0.2) is 42.5 Å². The Morgan fingerprint density at radius 1 is 1.14 bits per heavy atom. The van der Waals surface area contributed by atoms with Crippen LogP contribution in [0.2, 0.25) is 0 Å². The zero-order valence-corrected chi connectivity index (χ0v) is 11.0. The highest BCUT2D eigenvalue weighted by molar-refractivity contribution is 5.91. The molecule has 0 radical (unpaired) electrons. The molecule has 4 nitrogen and oxygen atoms in total. The number of nitrogens with one attached hydrogen (secondary N) is 1. The van der Waals surface area contributed by atoms with E-state index >= 15 is 0 Å². The van der Waals surface area contributed by atoms with Gasteiger partial charge in [-0.15, -0.1) is 0 Å². The van der Waals surface area contributed by atoms with Crippen LogP contribution in [-0.4, -0.2) is 17.6 Å². The molecule has 0 atom stereocenters. The number of benzene rings is 2. The van der Waals surface area contributed by atoms with Crippen molar-refractivity contribution in [2.75, 3.05) is 11.9 Å². The molecule has 1 amide bonds. The van der Waals surface area contributed by atoms with Crippen LogP contribution < -0.4 is 10.1 Å². The first-order valence-corrected chi connectivity index (χ1v) is 6.16. The molecule has 0 aliphatic heterocycles. The van der Waals surface area contributed by atoms with Crippen LogP contribution in [0.4, 0.5) is 14.5 Å². The summed E-state index contributed by atoms with van der Waals surface area (Å²) < 4.78 is 32.0. The van der Waals surface area contributed by atoms with Crippen molar-refractivity contribution < 1.29 is 23.4 Å². The molecule has 0 saturated carbocycles. The van der Waals surface area contributed by atoms with E-state index in [2.05, 4.69) is 5.32 Å². The third-order valence-corrected chi connectivity index (χ3v) is 2.65. The van der Waals surface area contributed by atoms with E-state index in [1.807, 2.05) is 0 Å². The Hall–Kier alpha value is -2.47. The van der Waals surface area contributed by atoms with Crippen molar-refractivity contribution in [3.05, 3.63) is 59.7 Å². The van der Waals surface area contributed by atoms with Gasteiger partial charge < -0.3 is 15.2 Å². The second kappa shape index (κ2) is 6.81. The molecule has 2 aromatic carbocycles. The largest absolute Gasteiger partial charge is 0.478 e. The highest BCUT2D eigenvalue weighted by atomic mass is 19.1. The van der Waals surface area contributed by atoms with Gasteiger partial charge in [0.15, 0.2) is 24.0 Å². The summed E-state index contributed by atoms with van der Waals surface area (Å²) in [4.78, 5) is 11.6. The van der Waals surface area contributed by atoms with Gasteiger partial charge in [0, 0.05) is 5.69 Å². The second-order valence-electron chi connectivity index (χ2n) is 4.25. The molecule has 110 valence electrons. The number of aliphatic hydroxyl groups is 1. The first-order chi connectivity index (χ1) is 10.1. The van der Waals surface area contributed by atoms with Crippen LogP contribution in [0.3, 0.4) is 0 Å². The molecule has 0 heterocycles. The number of hydrogen-bond donors (Lipinski definition) is 2. The van der Waals surface area contributed by atoms with Gasteiger partial charge in [0.2, 0.25) is 0 Å². The van der Waals surface area contributed by atoms with Gasteiger partial charge in [-0.3, -0.25) is 4.79 Å². The Kier molecular flexibility index (Phi) is 4.84. The monoisotopic (exact) mass is 293 g/mol. The minimum Gasteiger partial charge on any atom is -0.478 e. The molecular formula is C15H13F2NO3. The SMILES string of the molecule is O=C(COc1c(F)cc(CO)cc1F)Nc1ccccc1. The summed E-state index contributed by atoms with van der Waals surface area (Å²) >= 11 is 0. The van der Waals surface area contributed by atoms with Crippen molar-refractivity contribution in [2.45, 2.75) is 6.61 Å². The van der Waals surface area contributed by atoms with Crippen molar-refractivity contribution in [1.29, 1.82) is 0 Å². The first kappa shape index (κ1) is 14.9. The van der Waals surface area contributed by atoms with E-state index in [1.165, 1.54) is 0 Å². The number of aliphatic hydroxyl groups excluding tert-OH is 1. The van der Waals surface area contributed by atoms with Gasteiger partial charge in [-0.2, -0.15) is 0 Å². The maximum Gasteiger partial charge on any atom is 0.262 e. The number of anilines is 1. The van der Waals surface area contributed by atoms with E-state index in [1.54, 1.807) is 30.3 Å². The highest BCUT2D eigenvalue weighted by Crippen LogP contribution is 2.23. The number of hydrogen-bond acceptors (Lipinski definition) is 3. The van der Waals surface area contributed by atoms with Gasteiger partial charge in [0.25, 0.3) is 5.91 Å². The molecule has 6 heteroatoms. The van der Waals surface area contributed by atoms with E-state index in [9.17, 15) is 13.6 Å². The Balaban J connectivity index is 1.98. The van der Waals surface area contributed by atoms with Crippen LogP contribution >= 0.6 is 0 Å². The van der Waals surface area contributed by atoms with Crippen molar-refractivity contribution in [1.82, 2.24) is 0 Å². The normalized spacial score (nSPS) is 10.2. The van der Waals surface area contributed by atoms with Gasteiger partial charge >= 0.3 is 0 Å². The second-order valence-corrected chi connectivity index (χ2v) is 4.25. The molecule has 0 fully saturated rings. The lowest BCUT2D eigenvalue weighted by Gasteiger charge is -2.10. The zero-order valence-electron chi connectivity index (χ0n) is 11.0. The molecule has 2 aromatic rings. The number of rotatable bonds is 5. The summed E-state index contributed by atoms with van der Waals surface area (Å²) in [6, 6.07) is 10.5. The fraction of sp³-hybridized carbons (Fsp3) is 0.133. The molecule has 0 bridgehead atoms. The fourth-order valence-corrected chi connectivity index (χ4v) is 1.70. The van der Waals surface area contributed by atoms with Gasteiger partial charge in [-0.05, 0) is 29.8 Å². The Morgan fingerprint density at radius 2 is 1.76 bits per heavy atom. The van der Waals surface area contributed by atoms with Crippen LogP contribution in [-0.2, 0) is 11.4 Å². The smallest absolute Gasteiger partial charge is 0.262 e. The van der Waals surface area contributed by atoms with Gasteiger partial charge in [-0.1, -0.05) is 18.2 Å². The summed E-state index contributed by atoms with van der Waals surface area (Å²) in [6.07, 6.45) is 0. The zero-order chi connectivity index (χ0) is 15.2. The number of halogens is 2. The van der Waals surface area contributed by atoms with E-state index in [0.29, 0.717) is 5.69 Å². The Bertz CT molecular complexity index is 609. The summed E-state index contributed by atoms with van der Waals surface area (Å²) in [5.74, 6) is -3.11. The standard InChI is InChI=1S/C15H13F2NO3/c16-12-6-10(8-19)7-13(17)15(12)21-9-14(20)18-11-4-2-1-3-5-11/h1-7,19H,8-9H2,(H,18,20). The molecule has 0 aliphatic carbocycles. The number of para-hydroxylation sites is 1. The lowest BCUT2D eigenvalue weighted by Crippen LogP contribution is -2.20. The van der Waals surface area contributed by atoms with Crippen molar-refractivity contribution in [3.63, 3.8) is 0 Å². The van der Waals surface area contributed by atoms with Crippen molar-refractivity contribution >= 4 is 11.6 Å². The molecule has 0 aliphatic rings. The summed E-state index contributed by atoms with van der Waals surface area (Å²) in [6.45, 7) is -1.01. The molecule has 2 rings (SSSR count). The van der Waals surface area contributed by atoms with Gasteiger partial charge in [-0.25, -0.2) is 8.78 Å². The number of carbonyl (C=O) groups excluding carboxylic acids is 1. The molecule has 0 aromatic heterocycles. The predicted octanol–water partition coefficient (Wildman–Crippen LogP) is 2.47. The molecule has 21 heavy (non-hydrogen) atoms. The van der Waals surface area contributed by atoms with Gasteiger partial charge in [0.05, 0.1) is 6.61 Å². The summed E-state index contributed by atoms with van der Waals surface area (Å²) in [5.41, 5.74) is 0.647. The fourth-order valence-electron chi connectivity index (χ4n) is 1.70. The average Bonchev–Trinajstić information content (AvgIpc) is 2.47. The van der Waals surface area contributed by atoms with Crippen LogP contribution in [0.5, 0.6) is 5.75 Å². The predicted molar refractivity (Wildman–Crippen MR) is 72.8 cm³/mol. The minimum absolute atomic E-state index is 0.0890. The Labute approximate surface area is 120 Å². The molecule has 0 saturated heterocycles. The number of amides is 1. The number of ether oxygens (including phenoxy) is 1. The summed E-state index contributed by atoms with van der Waals surface area (Å²) in [5, 5.41) is 11.3. The third-order valence-electron chi connectivity index (χ3n) is 2.65. The average molecular weight is 293 g/mol. The minimum atomic E-state index is -0.966. The lowest BCUT2D eigenvalue weighted by atomic mass is 10.2. The Morgan fingerprint density at radius 3 is 2.33 bits per heavy atom. The number of carbonyl (C=O) groups is 1. The highest BCUT2D eigenvalue weighted by Gasteiger charge is 2.14. The summed E-state index contributed by atoms with van der Waals surface area (Å²) in [7, 11) is 0. The molecule has 0 spiro atoms. The van der Waals surface area contributed by atoms with Crippen molar-refractivity contribution in [2.24, 2.45) is 0 Å². The van der Waals surface area contributed by atoms with E-state index in [0.717, 1.165) is 12.1 Å². The quantitative estimate of drug-likeness (QED) is 0.890. The van der Waals surface area contributed by atoms with Gasteiger partial charge in [0.1, 0.15) is 0 Å². The molecule has 2 N–H and O–H groups in total. The molecular weight excluding hydrogens is 280 g/mol. The maximum absolute atomic E-state index is 13.6. The lowest BCUT2D eigenvalue weighted by molar-refractivity contribution is -0.118. The van der Waals surface area contributed by atoms with E-state index in [4.69, 9.17) is 9.84 Å². The topological polar surface area (TPSA) is 58.6 Å². The van der Waals surface area contributed by atoms with E-state index in [-0.39, 0.29) is 5.56 Å². The molecule has 0 unspecified atom stereocenters. The van der Waals surface area contributed by atoms with Crippen LogP contribution in [0, 0.1) is 11.6 Å². The van der Waals surface area contributed by atoms with Crippen molar-refractivity contribution in [3.8, 4) is 5.75 Å². The van der Waals surface area contributed by atoms with Crippen LogP contribution in [0.1, 0.15) is 5.56 Å². The first-order valence-electron chi connectivity index (χ1n) is 6.16.